The Kier molecular flexibility index (Phi) is 4.97. The Balaban J connectivity index is 1.70. The lowest BCUT2D eigenvalue weighted by Gasteiger charge is -2.29. The summed E-state index contributed by atoms with van der Waals surface area (Å²) in [6.45, 7) is 0. The molecule has 1 aliphatic rings. The zero-order chi connectivity index (χ0) is 20.7. The van der Waals surface area contributed by atoms with Crippen LogP contribution >= 0.6 is 11.6 Å². The van der Waals surface area contributed by atoms with Crippen molar-refractivity contribution in [3.63, 3.8) is 0 Å². The second kappa shape index (κ2) is 7.78. The third-order valence-corrected chi connectivity index (χ3v) is 6.19. The largest absolute Gasteiger partial charge is 0.391 e. The van der Waals surface area contributed by atoms with Crippen LogP contribution in [0.3, 0.4) is 0 Å². The van der Waals surface area contributed by atoms with Gasteiger partial charge in [0, 0.05) is 17.8 Å². The molecule has 1 fully saturated rings. The van der Waals surface area contributed by atoms with Crippen LogP contribution in [-0.2, 0) is 6.42 Å². The molecule has 0 saturated heterocycles. The minimum Gasteiger partial charge on any atom is -0.391 e. The molecule has 0 radical (unpaired) electrons. The first-order chi connectivity index (χ1) is 14.6. The Morgan fingerprint density at radius 2 is 1.90 bits per heavy atom. The Morgan fingerprint density at radius 1 is 1.07 bits per heavy atom. The smallest absolute Gasteiger partial charge is 0.261 e. The molecule has 1 aromatic carbocycles. The third-order valence-electron chi connectivity index (χ3n) is 5.96. The van der Waals surface area contributed by atoms with Crippen LogP contribution in [-0.4, -0.2) is 30.7 Å². The van der Waals surface area contributed by atoms with E-state index in [1.165, 1.54) is 0 Å². The van der Waals surface area contributed by atoms with Crippen LogP contribution in [0.4, 0.5) is 0 Å². The second-order valence-corrected chi connectivity index (χ2v) is 8.26. The molecule has 4 aromatic rings. The molecule has 0 amide bonds. The Labute approximate surface area is 178 Å². The number of fused-ring (bicyclic) bond motifs is 3. The fourth-order valence-corrected chi connectivity index (χ4v) is 4.55. The topological polar surface area (TPSA) is 80.9 Å². The van der Waals surface area contributed by atoms with E-state index in [1.54, 1.807) is 29.4 Å². The number of aliphatic hydroxyl groups is 1. The van der Waals surface area contributed by atoms with Crippen LogP contribution in [0.15, 0.2) is 53.8 Å². The summed E-state index contributed by atoms with van der Waals surface area (Å²) in [5.41, 5.74) is 3.15. The molecule has 152 valence electrons. The van der Waals surface area contributed by atoms with E-state index >= 15 is 0 Å². The monoisotopic (exact) mass is 420 g/mol. The third kappa shape index (κ3) is 3.36. The first kappa shape index (κ1) is 19.2. The number of hydrogen-bond acceptors (Lipinski definition) is 5. The minimum absolute atomic E-state index is 0.131. The number of benzene rings is 1. The van der Waals surface area contributed by atoms with Gasteiger partial charge in [0.15, 0.2) is 0 Å². The molecule has 0 unspecified atom stereocenters. The van der Waals surface area contributed by atoms with Crippen molar-refractivity contribution in [1.29, 1.82) is 0 Å². The Hall–Kier alpha value is -2.83. The van der Waals surface area contributed by atoms with Gasteiger partial charge in [0.25, 0.3) is 5.56 Å². The van der Waals surface area contributed by atoms with Crippen molar-refractivity contribution >= 4 is 33.4 Å². The molecule has 0 spiro atoms. The van der Waals surface area contributed by atoms with Gasteiger partial charge in [0.2, 0.25) is 0 Å². The molecule has 1 saturated carbocycles. The molecule has 0 bridgehead atoms. The summed E-state index contributed by atoms with van der Waals surface area (Å²) in [7, 11) is 0. The lowest BCUT2D eigenvalue weighted by Crippen LogP contribution is -2.34. The number of aromatic nitrogens is 4. The van der Waals surface area contributed by atoms with Gasteiger partial charge in [0.05, 0.1) is 29.4 Å². The number of halogens is 1. The van der Waals surface area contributed by atoms with E-state index in [9.17, 15) is 9.90 Å². The van der Waals surface area contributed by atoms with Gasteiger partial charge in [-0.3, -0.25) is 14.3 Å². The molecule has 3 heterocycles. The van der Waals surface area contributed by atoms with Gasteiger partial charge < -0.3 is 5.11 Å². The van der Waals surface area contributed by atoms with Crippen molar-refractivity contribution in [3.8, 4) is 0 Å². The van der Waals surface area contributed by atoms with Crippen molar-refractivity contribution in [2.24, 2.45) is 0 Å². The van der Waals surface area contributed by atoms with Crippen molar-refractivity contribution < 1.29 is 5.11 Å². The maximum atomic E-state index is 13.4. The fraction of sp³-hybridized carbons (Fsp3) is 0.304. The maximum Gasteiger partial charge on any atom is 0.261 e. The second-order valence-electron chi connectivity index (χ2n) is 7.87. The van der Waals surface area contributed by atoms with Gasteiger partial charge >= 0.3 is 0 Å². The number of rotatable bonds is 3. The zero-order valence-corrected chi connectivity index (χ0v) is 17.1. The molecule has 7 heteroatoms. The first-order valence-corrected chi connectivity index (χ1v) is 10.6. The SMILES string of the molecule is O=c1c2cc(Cc3ccc(Cl)nc3)c3cccnc3c2ncn1[C@H]1CCCC[C@@H]1O. The van der Waals surface area contributed by atoms with Crippen LogP contribution in [0.25, 0.3) is 21.8 Å². The molecular weight excluding hydrogens is 400 g/mol. The summed E-state index contributed by atoms with van der Waals surface area (Å²) in [6, 6.07) is 9.26. The summed E-state index contributed by atoms with van der Waals surface area (Å²) in [5, 5.41) is 12.4. The summed E-state index contributed by atoms with van der Waals surface area (Å²) in [6.07, 6.45) is 8.59. The van der Waals surface area contributed by atoms with E-state index in [1.807, 2.05) is 24.3 Å². The highest BCUT2D eigenvalue weighted by Gasteiger charge is 2.26. The summed E-state index contributed by atoms with van der Waals surface area (Å²) in [5.74, 6) is 0. The van der Waals surface area contributed by atoms with Crippen molar-refractivity contribution in [1.82, 2.24) is 19.5 Å². The first-order valence-electron chi connectivity index (χ1n) is 10.2. The van der Waals surface area contributed by atoms with E-state index in [4.69, 9.17) is 11.6 Å². The van der Waals surface area contributed by atoms with Crippen LogP contribution < -0.4 is 5.56 Å². The van der Waals surface area contributed by atoms with Gasteiger partial charge in [-0.1, -0.05) is 36.6 Å². The molecule has 2 atom stereocenters. The van der Waals surface area contributed by atoms with E-state index in [2.05, 4.69) is 15.0 Å². The number of nitrogens with zero attached hydrogens (tertiary/aromatic N) is 4. The molecule has 6 nitrogen and oxygen atoms in total. The van der Waals surface area contributed by atoms with Crippen LogP contribution in [0.2, 0.25) is 5.15 Å². The van der Waals surface area contributed by atoms with E-state index in [-0.39, 0.29) is 11.6 Å². The molecule has 0 aliphatic heterocycles. The lowest BCUT2D eigenvalue weighted by molar-refractivity contribution is 0.0735. The highest BCUT2D eigenvalue weighted by atomic mass is 35.5. The Morgan fingerprint density at radius 3 is 2.70 bits per heavy atom. The quantitative estimate of drug-likeness (QED) is 0.399. The highest BCUT2D eigenvalue weighted by Crippen LogP contribution is 2.30. The summed E-state index contributed by atoms with van der Waals surface area (Å²) < 4.78 is 1.61. The lowest BCUT2D eigenvalue weighted by atomic mass is 9.92. The highest BCUT2D eigenvalue weighted by molar-refractivity contribution is 6.29. The zero-order valence-electron chi connectivity index (χ0n) is 16.3. The van der Waals surface area contributed by atoms with Gasteiger partial charge in [-0.2, -0.15) is 0 Å². The van der Waals surface area contributed by atoms with Gasteiger partial charge in [-0.05, 0) is 48.6 Å². The maximum absolute atomic E-state index is 13.4. The summed E-state index contributed by atoms with van der Waals surface area (Å²) >= 11 is 5.92. The van der Waals surface area contributed by atoms with Gasteiger partial charge in [0.1, 0.15) is 10.7 Å². The minimum atomic E-state index is -0.520. The van der Waals surface area contributed by atoms with E-state index in [0.717, 1.165) is 35.8 Å². The molecule has 5 rings (SSSR count). The average Bonchev–Trinajstić information content (AvgIpc) is 2.77. The van der Waals surface area contributed by atoms with E-state index in [0.29, 0.717) is 34.4 Å². The molecule has 30 heavy (non-hydrogen) atoms. The number of aliphatic hydroxyl groups excluding tert-OH is 1. The Bertz CT molecular complexity index is 1290. The number of pyridine rings is 2. The molecule has 1 aliphatic carbocycles. The molecule has 1 N–H and O–H groups in total. The number of hydrogen-bond donors (Lipinski definition) is 1. The van der Waals surface area contributed by atoms with Gasteiger partial charge in [-0.25, -0.2) is 9.97 Å². The van der Waals surface area contributed by atoms with Crippen molar-refractivity contribution in [2.75, 3.05) is 0 Å². The predicted octanol–water partition coefficient (Wildman–Crippen LogP) is 4.06. The fourth-order valence-electron chi connectivity index (χ4n) is 4.44. The average molecular weight is 421 g/mol. The summed E-state index contributed by atoms with van der Waals surface area (Å²) in [4.78, 5) is 26.7. The predicted molar refractivity (Wildman–Crippen MR) is 117 cm³/mol. The van der Waals surface area contributed by atoms with Crippen LogP contribution in [0.1, 0.15) is 42.9 Å². The van der Waals surface area contributed by atoms with Gasteiger partial charge in [-0.15, -0.1) is 0 Å². The molecular formula is C23H21ClN4O2. The van der Waals surface area contributed by atoms with Crippen LogP contribution in [0.5, 0.6) is 0 Å². The van der Waals surface area contributed by atoms with Crippen LogP contribution in [0, 0.1) is 0 Å². The van der Waals surface area contributed by atoms with E-state index < -0.39 is 6.10 Å². The standard InChI is InChI=1S/C23H21ClN4O2/c24-20-8-7-14(12-26-20)10-15-11-17-22(21-16(15)4-3-9-25-21)27-13-28(23(17)30)18-5-1-2-6-19(18)29/h3-4,7-9,11-13,18-19,29H,1-2,5-6,10H2/t18-,19-/m0/s1. The van der Waals surface area contributed by atoms with Crippen molar-refractivity contribution in [2.45, 2.75) is 44.2 Å². The molecule has 3 aromatic heterocycles. The van der Waals surface area contributed by atoms with Crippen molar-refractivity contribution in [3.05, 3.63) is 75.7 Å². The normalized spacial score (nSPS) is 19.4.